The van der Waals surface area contributed by atoms with Gasteiger partial charge in [0.1, 0.15) is 5.00 Å². The van der Waals surface area contributed by atoms with Crippen molar-refractivity contribution in [2.24, 2.45) is 16.8 Å². The molecule has 0 aromatic carbocycles. The lowest BCUT2D eigenvalue weighted by Gasteiger charge is -2.33. The molecule has 3 atom stereocenters. The van der Waals surface area contributed by atoms with E-state index in [1.165, 1.54) is 11.3 Å². The Hall–Kier alpha value is -2.97. The number of nitrogens with two attached hydrogens (primary N) is 1. The topological polar surface area (TPSA) is 86.8 Å². The molecule has 7 nitrogen and oxygen atoms in total. The van der Waals surface area contributed by atoms with E-state index in [9.17, 15) is 4.79 Å². The van der Waals surface area contributed by atoms with Gasteiger partial charge in [0, 0.05) is 37.5 Å². The zero-order valence-corrected chi connectivity index (χ0v) is 17.3. The summed E-state index contributed by atoms with van der Waals surface area (Å²) in [4.78, 5) is 20.1. The number of anilines is 3. The lowest BCUT2D eigenvalue weighted by molar-refractivity contribution is 0.103. The number of carbonyl (C=O) groups is 1. The number of hydrazone groups is 1. The molecule has 1 amide bonds. The van der Waals surface area contributed by atoms with E-state index in [0.29, 0.717) is 10.6 Å². The van der Waals surface area contributed by atoms with Gasteiger partial charge >= 0.3 is 0 Å². The minimum absolute atomic E-state index is 0.138. The average Bonchev–Trinajstić information content (AvgIpc) is 3.41. The van der Waals surface area contributed by atoms with Crippen LogP contribution in [-0.4, -0.2) is 42.3 Å². The van der Waals surface area contributed by atoms with Gasteiger partial charge in [-0.05, 0) is 31.0 Å². The molecule has 30 heavy (non-hydrogen) atoms. The molecule has 154 valence electrons. The smallest absolute Gasteiger partial charge is 0.265 e. The van der Waals surface area contributed by atoms with E-state index in [2.05, 4.69) is 32.5 Å². The number of piperidine rings is 1. The van der Waals surface area contributed by atoms with Crippen LogP contribution in [0.25, 0.3) is 0 Å². The summed E-state index contributed by atoms with van der Waals surface area (Å²) in [5.41, 5.74) is 7.83. The van der Waals surface area contributed by atoms with Gasteiger partial charge in [0.2, 0.25) is 0 Å². The highest BCUT2D eigenvalue weighted by atomic mass is 32.1. The number of aromatic nitrogens is 1. The highest BCUT2D eigenvalue weighted by Crippen LogP contribution is 2.35. The molecule has 8 heteroatoms. The van der Waals surface area contributed by atoms with Gasteiger partial charge in [-0.3, -0.25) is 9.78 Å². The van der Waals surface area contributed by atoms with Crippen LogP contribution in [0.4, 0.5) is 16.4 Å². The molecule has 4 heterocycles. The van der Waals surface area contributed by atoms with E-state index in [-0.39, 0.29) is 23.9 Å². The summed E-state index contributed by atoms with van der Waals surface area (Å²) in [5, 5.41) is 10.5. The van der Waals surface area contributed by atoms with Crippen LogP contribution in [0.5, 0.6) is 0 Å². The summed E-state index contributed by atoms with van der Waals surface area (Å²) in [5.74, 6) is 0.142. The summed E-state index contributed by atoms with van der Waals surface area (Å²) in [6.45, 7) is 1.72. The fourth-order valence-electron chi connectivity index (χ4n) is 4.17. The highest BCUT2D eigenvalue weighted by Gasteiger charge is 2.30. The number of nitrogens with zero attached hydrogens (tertiary/aromatic N) is 4. The maximum atomic E-state index is 13.0. The molecule has 2 aromatic heterocycles. The van der Waals surface area contributed by atoms with Crippen molar-refractivity contribution in [3.8, 4) is 0 Å². The third-order valence-electron chi connectivity index (χ3n) is 5.68. The SMILES string of the molecule is N[C@@H]1CCCN(c2ccncc2NC(=O)c2ccc(N3N=CC4C=CC=CC43)s2)C1. The first-order valence-electron chi connectivity index (χ1n) is 10.2. The zero-order valence-electron chi connectivity index (χ0n) is 16.5. The maximum absolute atomic E-state index is 13.0. The molecule has 2 aliphatic heterocycles. The van der Waals surface area contributed by atoms with E-state index < -0.39 is 0 Å². The first kappa shape index (κ1) is 19.0. The number of pyridine rings is 1. The number of thiophene rings is 1. The largest absolute Gasteiger partial charge is 0.368 e. The van der Waals surface area contributed by atoms with Gasteiger partial charge in [-0.2, -0.15) is 5.10 Å². The van der Waals surface area contributed by atoms with Gasteiger partial charge in [-0.15, -0.1) is 11.3 Å². The molecule has 0 saturated carbocycles. The molecule has 3 N–H and O–H groups in total. The lowest BCUT2D eigenvalue weighted by atomic mass is 9.97. The van der Waals surface area contributed by atoms with Gasteiger partial charge in [-0.25, -0.2) is 5.01 Å². The minimum Gasteiger partial charge on any atom is -0.368 e. The number of nitrogens with one attached hydrogen (secondary N) is 1. The Balaban J connectivity index is 1.32. The molecule has 0 radical (unpaired) electrons. The molecule has 0 bridgehead atoms. The number of hydrogen-bond donors (Lipinski definition) is 2. The standard InChI is InChI=1S/C22H24N6OS/c23-16-5-3-11-27(14-16)19-9-10-24-13-17(19)26-22(29)20-7-8-21(30-20)28-18-6-2-1-4-15(18)12-25-28/h1-2,4,6-10,12-13,15-16,18H,3,5,11,14,23H2,(H,26,29)/t15?,16-,18?/m1/s1. The number of amides is 1. The van der Waals surface area contributed by atoms with Crippen LogP contribution in [0, 0.1) is 5.92 Å². The summed E-state index contributed by atoms with van der Waals surface area (Å²) in [6.07, 6.45) is 15.9. The molecule has 3 aliphatic rings. The van der Waals surface area contributed by atoms with E-state index in [1.54, 1.807) is 12.4 Å². The Morgan fingerprint density at radius 2 is 2.13 bits per heavy atom. The third kappa shape index (κ3) is 3.64. The second-order valence-electron chi connectivity index (χ2n) is 7.78. The van der Waals surface area contributed by atoms with Gasteiger partial charge in [0.05, 0.1) is 28.5 Å². The Labute approximate surface area is 179 Å². The predicted molar refractivity (Wildman–Crippen MR) is 122 cm³/mol. The lowest BCUT2D eigenvalue weighted by Crippen LogP contribution is -2.43. The molecule has 1 aliphatic carbocycles. The van der Waals surface area contributed by atoms with Gasteiger partial charge in [-0.1, -0.05) is 24.3 Å². The highest BCUT2D eigenvalue weighted by molar-refractivity contribution is 7.18. The number of allylic oxidation sites excluding steroid dienone is 2. The monoisotopic (exact) mass is 420 g/mol. The second kappa shape index (κ2) is 8.04. The summed E-state index contributed by atoms with van der Waals surface area (Å²) < 4.78 is 0. The van der Waals surface area contributed by atoms with E-state index >= 15 is 0 Å². The third-order valence-corrected chi connectivity index (χ3v) is 6.75. The molecular formula is C22H24N6OS. The number of hydrogen-bond acceptors (Lipinski definition) is 7. The van der Waals surface area contributed by atoms with E-state index in [0.717, 1.165) is 36.6 Å². The first-order chi connectivity index (χ1) is 14.7. The second-order valence-corrected chi connectivity index (χ2v) is 8.84. The summed E-state index contributed by atoms with van der Waals surface area (Å²) in [6, 6.07) is 6.09. The zero-order chi connectivity index (χ0) is 20.5. The normalized spacial score (nSPS) is 24.9. The van der Waals surface area contributed by atoms with Crippen molar-refractivity contribution in [2.75, 3.05) is 28.3 Å². The molecule has 5 rings (SSSR count). The van der Waals surface area contributed by atoms with Crippen LogP contribution < -0.4 is 21.0 Å². The molecule has 0 spiro atoms. The van der Waals surface area contributed by atoms with Crippen molar-refractivity contribution in [1.29, 1.82) is 0 Å². The van der Waals surface area contributed by atoms with Gasteiger partial charge in [0.15, 0.2) is 0 Å². The first-order valence-corrected chi connectivity index (χ1v) is 11.0. The van der Waals surface area contributed by atoms with Crippen LogP contribution in [0.1, 0.15) is 22.5 Å². The van der Waals surface area contributed by atoms with E-state index in [1.807, 2.05) is 41.6 Å². The van der Waals surface area contributed by atoms with Crippen molar-refractivity contribution in [2.45, 2.75) is 24.9 Å². The van der Waals surface area contributed by atoms with Crippen LogP contribution in [0.2, 0.25) is 0 Å². The fraction of sp³-hybridized carbons (Fsp3) is 0.318. The Morgan fingerprint density at radius 1 is 1.23 bits per heavy atom. The Morgan fingerprint density at radius 3 is 3.03 bits per heavy atom. The molecule has 1 fully saturated rings. The quantitative estimate of drug-likeness (QED) is 0.793. The number of carbonyl (C=O) groups excluding carboxylic acids is 1. The van der Waals surface area contributed by atoms with Crippen molar-refractivity contribution in [1.82, 2.24) is 4.98 Å². The summed E-state index contributed by atoms with van der Waals surface area (Å²) in [7, 11) is 0. The number of rotatable bonds is 4. The van der Waals surface area contributed by atoms with Crippen molar-refractivity contribution in [3.63, 3.8) is 0 Å². The van der Waals surface area contributed by atoms with Crippen LogP contribution >= 0.6 is 11.3 Å². The molecule has 2 unspecified atom stereocenters. The number of fused-ring (bicyclic) bond motifs is 1. The molecule has 2 aromatic rings. The Bertz CT molecular complexity index is 1030. The minimum atomic E-state index is -0.138. The van der Waals surface area contributed by atoms with Crippen molar-refractivity contribution >= 4 is 39.8 Å². The van der Waals surface area contributed by atoms with Crippen LogP contribution in [0.3, 0.4) is 0 Å². The van der Waals surface area contributed by atoms with Crippen LogP contribution in [-0.2, 0) is 0 Å². The van der Waals surface area contributed by atoms with Gasteiger partial charge in [0.25, 0.3) is 5.91 Å². The summed E-state index contributed by atoms with van der Waals surface area (Å²) >= 11 is 1.44. The average molecular weight is 421 g/mol. The molecular weight excluding hydrogens is 396 g/mol. The molecule has 1 saturated heterocycles. The predicted octanol–water partition coefficient (Wildman–Crippen LogP) is 3.24. The van der Waals surface area contributed by atoms with E-state index in [4.69, 9.17) is 5.73 Å². The van der Waals surface area contributed by atoms with Crippen molar-refractivity contribution in [3.05, 3.63) is 59.8 Å². The van der Waals surface area contributed by atoms with Crippen LogP contribution in [0.15, 0.2) is 60.0 Å². The fourth-order valence-corrected chi connectivity index (χ4v) is 5.07. The van der Waals surface area contributed by atoms with Gasteiger partial charge < -0.3 is 16.0 Å². The van der Waals surface area contributed by atoms with Crippen molar-refractivity contribution < 1.29 is 4.79 Å². The maximum Gasteiger partial charge on any atom is 0.265 e. The Kier molecular flexibility index (Phi) is 5.10.